The van der Waals surface area contributed by atoms with Crippen molar-refractivity contribution in [2.75, 3.05) is 29.5 Å². The van der Waals surface area contributed by atoms with Gasteiger partial charge in [-0.2, -0.15) is 0 Å². The average molecular weight is 453 g/mol. The van der Waals surface area contributed by atoms with Gasteiger partial charge in [0.2, 0.25) is 0 Å². The number of carbonyl (C=O) groups is 1. The van der Waals surface area contributed by atoms with Crippen molar-refractivity contribution >= 4 is 29.4 Å². The van der Waals surface area contributed by atoms with Crippen molar-refractivity contribution in [1.82, 2.24) is 15.3 Å². The van der Waals surface area contributed by atoms with E-state index in [1.807, 2.05) is 20.0 Å². The smallest absolute Gasteiger partial charge is 0.320 e. The van der Waals surface area contributed by atoms with Crippen molar-refractivity contribution in [3.63, 3.8) is 0 Å². The summed E-state index contributed by atoms with van der Waals surface area (Å²) in [6.45, 7) is 9.00. The molecular weight excluding hydrogens is 412 g/mol. The van der Waals surface area contributed by atoms with Crippen LogP contribution in [0.3, 0.4) is 0 Å². The Morgan fingerprint density at radius 3 is 2.55 bits per heavy atom. The molecule has 3 rings (SSSR count). The number of benzene rings is 1. The van der Waals surface area contributed by atoms with E-state index < -0.39 is 0 Å². The molecule has 2 aromatic rings. The second kappa shape index (κ2) is 13.5. The van der Waals surface area contributed by atoms with Crippen LogP contribution in [0.25, 0.3) is 6.08 Å². The third-order valence-corrected chi connectivity index (χ3v) is 5.88. The van der Waals surface area contributed by atoms with Crippen LogP contribution in [0, 0.1) is 11.8 Å². The summed E-state index contributed by atoms with van der Waals surface area (Å²) in [5, 5.41) is 5.32. The van der Waals surface area contributed by atoms with Gasteiger partial charge in [-0.25, -0.2) is 14.8 Å². The predicted octanol–water partition coefficient (Wildman–Crippen LogP) is 5.57. The minimum Gasteiger partial charge on any atom is -0.393 e. The zero-order valence-electron chi connectivity index (χ0n) is 20.7. The molecule has 1 aliphatic carbocycles. The zero-order chi connectivity index (χ0) is 24.2. The number of nitrogens with two attached hydrogens (primary N) is 1. The van der Waals surface area contributed by atoms with E-state index in [-0.39, 0.29) is 6.03 Å². The van der Waals surface area contributed by atoms with Gasteiger partial charge < -0.3 is 16.0 Å². The molecule has 1 aromatic heterocycles. The maximum absolute atomic E-state index is 11.6. The number of amides is 2. The number of hydrogen-bond donors (Lipinski definition) is 3. The first kappa shape index (κ1) is 26.2. The number of allylic oxidation sites excluding steroid dienone is 1. The number of nitrogens with zero attached hydrogens (tertiary/aromatic N) is 3. The molecule has 7 nitrogen and oxygen atoms in total. The maximum atomic E-state index is 11.6. The van der Waals surface area contributed by atoms with Gasteiger partial charge in [-0.3, -0.25) is 5.32 Å². The normalized spacial score (nSPS) is 17.5. The third kappa shape index (κ3) is 8.40. The van der Waals surface area contributed by atoms with Crippen LogP contribution in [0.4, 0.5) is 22.1 Å². The second-order valence-electron chi connectivity index (χ2n) is 8.81. The first-order valence-corrected chi connectivity index (χ1v) is 12.0. The van der Waals surface area contributed by atoms with Crippen LogP contribution >= 0.6 is 0 Å². The molecule has 1 aliphatic rings. The number of hydrogen-bond acceptors (Lipinski definition) is 5. The van der Waals surface area contributed by atoms with E-state index in [4.69, 9.17) is 5.73 Å². The molecule has 0 spiro atoms. The molecule has 0 aliphatic heterocycles. The fraction of sp³-hybridized carbons (Fsp3) is 0.500. The molecule has 1 saturated carbocycles. The molecule has 2 amide bonds. The molecule has 2 unspecified atom stereocenters. The van der Waals surface area contributed by atoms with Crippen LogP contribution in [0.2, 0.25) is 0 Å². The first-order chi connectivity index (χ1) is 15.8. The van der Waals surface area contributed by atoms with Gasteiger partial charge in [0.15, 0.2) is 11.6 Å². The highest BCUT2D eigenvalue weighted by molar-refractivity contribution is 5.93. The Hall–Kier alpha value is -3.09. The number of carbonyl (C=O) groups excluding carboxylic acids is 1. The highest BCUT2D eigenvalue weighted by Gasteiger charge is 2.28. The average Bonchev–Trinajstić information content (AvgIpc) is 3.29. The van der Waals surface area contributed by atoms with Crippen molar-refractivity contribution in [3.05, 3.63) is 48.3 Å². The molecule has 2 atom stereocenters. The number of anilines is 3. The summed E-state index contributed by atoms with van der Waals surface area (Å²) in [5.41, 5.74) is 7.85. The Labute approximate surface area is 198 Å². The van der Waals surface area contributed by atoms with Gasteiger partial charge in [0.25, 0.3) is 0 Å². The van der Waals surface area contributed by atoms with Crippen LogP contribution in [0.5, 0.6) is 0 Å². The summed E-state index contributed by atoms with van der Waals surface area (Å²) in [7, 11) is 2.01. The number of aromatic nitrogens is 2. The van der Waals surface area contributed by atoms with E-state index >= 15 is 0 Å². The van der Waals surface area contributed by atoms with E-state index in [0.29, 0.717) is 35.8 Å². The molecule has 1 heterocycles. The van der Waals surface area contributed by atoms with Crippen LogP contribution in [-0.4, -0.2) is 35.6 Å². The maximum Gasteiger partial charge on any atom is 0.320 e. The lowest BCUT2D eigenvalue weighted by Gasteiger charge is -2.27. The van der Waals surface area contributed by atoms with Crippen LogP contribution in [-0.2, 0) is 0 Å². The quantitative estimate of drug-likeness (QED) is 0.510. The van der Waals surface area contributed by atoms with E-state index in [1.54, 1.807) is 0 Å². The van der Waals surface area contributed by atoms with Crippen molar-refractivity contribution in [3.8, 4) is 0 Å². The van der Waals surface area contributed by atoms with Gasteiger partial charge in [-0.1, -0.05) is 69.7 Å². The highest BCUT2D eigenvalue weighted by Crippen LogP contribution is 2.35. The lowest BCUT2D eigenvalue weighted by molar-refractivity contribution is 0.252. The second-order valence-corrected chi connectivity index (χ2v) is 8.81. The fourth-order valence-electron chi connectivity index (χ4n) is 3.89. The molecule has 180 valence electrons. The summed E-state index contributed by atoms with van der Waals surface area (Å²) in [6.07, 6.45) is 10.6. The molecule has 1 aromatic carbocycles. The monoisotopic (exact) mass is 452 g/mol. The van der Waals surface area contributed by atoms with Crippen molar-refractivity contribution in [2.24, 2.45) is 11.8 Å². The summed E-state index contributed by atoms with van der Waals surface area (Å²) in [5.74, 6) is 2.45. The van der Waals surface area contributed by atoms with Crippen molar-refractivity contribution < 1.29 is 4.79 Å². The van der Waals surface area contributed by atoms with Gasteiger partial charge in [-0.05, 0) is 43.6 Å². The molecule has 33 heavy (non-hydrogen) atoms. The van der Waals surface area contributed by atoms with Gasteiger partial charge in [0.1, 0.15) is 12.0 Å². The molecule has 0 saturated heterocycles. The largest absolute Gasteiger partial charge is 0.393 e. The van der Waals surface area contributed by atoms with Crippen molar-refractivity contribution in [2.45, 2.75) is 59.4 Å². The minimum absolute atomic E-state index is 0.312. The molecular formula is C26H40N6O. The topological polar surface area (TPSA) is 96.2 Å². The molecule has 1 fully saturated rings. The summed E-state index contributed by atoms with van der Waals surface area (Å²) < 4.78 is 0. The van der Waals surface area contributed by atoms with Gasteiger partial charge in [0.05, 0.1) is 0 Å². The Morgan fingerprint density at radius 2 is 1.94 bits per heavy atom. The Bertz CT molecular complexity index is 884. The van der Waals surface area contributed by atoms with Crippen LogP contribution in [0.15, 0.2) is 42.7 Å². The minimum atomic E-state index is -0.312. The van der Waals surface area contributed by atoms with Crippen molar-refractivity contribution in [1.29, 1.82) is 0 Å². The SMILES string of the molecule is CC(C)/C=C/c1ccccc1.CCNC(=O)Nc1ncnc(N(C)C2CCC(CC)C2)c1N. The third-order valence-electron chi connectivity index (χ3n) is 5.88. The number of rotatable bonds is 7. The molecule has 7 heteroatoms. The van der Waals surface area contributed by atoms with E-state index in [9.17, 15) is 4.79 Å². The summed E-state index contributed by atoms with van der Waals surface area (Å²) in [6, 6.07) is 10.5. The number of urea groups is 1. The van der Waals surface area contributed by atoms with E-state index in [2.05, 4.69) is 82.7 Å². The van der Waals surface area contributed by atoms with Crippen LogP contribution in [0.1, 0.15) is 58.9 Å². The summed E-state index contributed by atoms with van der Waals surface area (Å²) >= 11 is 0. The molecule has 0 bridgehead atoms. The van der Waals surface area contributed by atoms with Crippen LogP contribution < -0.4 is 21.3 Å². The molecule has 0 radical (unpaired) electrons. The van der Waals surface area contributed by atoms with Gasteiger partial charge >= 0.3 is 6.03 Å². The van der Waals surface area contributed by atoms with Gasteiger partial charge in [-0.15, -0.1) is 0 Å². The zero-order valence-corrected chi connectivity index (χ0v) is 20.7. The standard InChI is InChI=1S/C15H26N6O.C11H14/c1-4-10-6-7-11(8-10)21(3)14-12(16)13(18-9-19-14)20-15(22)17-5-2;1-10(2)8-9-11-6-4-3-5-7-11/h9-11H,4-8,16H2,1-3H3,(H2,17,18,19,20,22);3-10H,1-2H3/b;9-8+. The Morgan fingerprint density at radius 1 is 1.21 bits per heavy atom. The number of nitrogens with one attached hydrogen (secondary N) is 2. The summed E-state index contributed by atoms with van der Waals surface area (Å²) in [4.78, 5) is 22.1. The lowest BCUT2D eigenvalue weighted by atomic mass is 10.1. The lowest BCUT2D eigenvalue weighted by Crippen LogP contribution is -2.32. The highest BCUT2D eigenvalue weighted by atomic mass is 16.2. The van der Waals surface area contributed by atoms with E-state index in [1.165, 1.54) is 24.7 Å². The Balaban J connectivity index is 0.000000294. The Kier molecular flexibility index (Phi) is 10.7. The number of nitrogen functional groups attached to an aromatic ring is 1. The predicted molar refractivity (Wildman–Crippen MR) is 139 cm³/mol. The fourth-order valence-corrected chi connectivity index (χ4v) is 3.89. The first-order valence-electron chi connectivity index (χ1n) is 12.0. The molecule has 4 N–H and O–H groups in total. The van der Waals surface area contributed by atoms with E-state index in [0.717, 1.165) is 18.8 Å². The van der Waals surface area contributed by atoms with Gasteiger partial charge in [0, 0.05) is 19.6 Å².